The van der Waals surface area contributed by atoms with Gasteiger partial charge in [0.15, 0.2) is 0 Å². The van der Waals surface area contributed by atoms with Gasteiger partial charge in [0.2, 0.25) is 11.7 Å². The minimum absolute atomic E-state index is 0.0183. The predicted octanol–water partition coefficient (Wildman–Crippen LogP) is 1.33. The van der Waals surface area contributed by atoms with E-state index >= 15 is 0 Å². The van der Waals surface area contributed by atoms with Crippen molar-refractivity contribution in [3.63, 3.8) is 0 Å². The minimum atomic E-state index is -1.33. The van der Waals surface area contributed by atoms with Crippen molar-refractivity contribution in [2.75, 3.05) is 6.54 Å². The lowest BCUT2D eigenvalue weighted by atomic mass is 9.85. The molecule has 4 rings (SSSR count). The number of rotatable bonds is 10. The number of nitrogens with zero attached hydrogens (tertiary/aromatic N) is 6. The Labute approximate surface area is 260 Å². The third-order valence-corrected chi connectivity index (χ3v) is 8.31. The molecular weight excluding hydrogens is 580 g/mol. The summed E-state index contributed by atoms with van der Waals surface area (Å²) in [5.41, 5.74) is 4.54. The van der Waals surface area contributed by atoms with Crippen LogP contribution in [0.2, 0.25) is 0 Å². The molecule has 1 saturated heterocycles. The van der Waals surface area contributed by atoms with E-state index in [0.717, 1.165) is 32.1 Å². The lowest BCUT2D eigenvalue weighted by Gasteiger charge is -2.27. The number of nitrogens with two attached hydrogens (primary N) is 1. The van der Waals surface area contributed by atoms with Gasteiger partial charge in [-0.05, 0) is 51.3 Å². The molecule has 1 saturated carbocycles. The molecule has 1 aliphatic carbocycles. The fourth-order valence-corrected chi connectivity index (χ4v) is 5.92. The molecule has 1 aliphatic heterocycles. The number of Topliss-reactive ketones (excluding diaryl/α,β-unsaturated/α-hetero) is 1. The van der Waals surface area contributed by atoms with Gasteiger partial charge < -0.3 is 21.1 Å². The van der Waals surface area contributed by atoms with Gasteiger partial charge in [0.05, 0.1) is 35.6 Å². The molecule has 0 bridgehead atoms. The van der Waals surface area contributed by atoms with Crippen LogP contribution in [0.4, 0.5) is 0 Å². The summed E-state index contributed by atoms with van der Waals surface area (Å²) in [6.45, 7) is 4.40. The number of hydrogen-bond donors (Lipinski definition) is 3. The Bertz CT molecular complexity index is 1550. The molecule has 0 radical (unpaired) electrons. The van der Waals surface area contributed by atoms with Gasteiger partial charge >= 0.3 is 0 Å². The number of aliphatic imine (C=N–C) groups is 1. The molecule has 1 aromatic heterocycles. The maximum atomic E-state index is 14.3. The number of hydrogen-bond acceptors (Lipinski definition) is 9. The molecule has 1 aromatic carbocycles. The Kier molecular flexibility index (Phi) is 10.2. The van der Waals surface area contributed by atoms with Gasteiger partial charge in [0, 0.05) is 18.5 Å². The second-order valence-electron chi connectivity index (χ2n) is 12.2. The lowest BCUT2D eigenvalue weighted by Crippen LogP contribution is -2.52. The molecule has 0 spiro atoms. The summed E-state index contributed by atoms with van der Waals surface area (Å²) in [6, 6.07) is 5.02. The van der Waals surface area contributed by atoms with E-state index in [4.69, 9.17) is 5.73 Å². The molecule has 2 aliphatic rings. The fourth-order valence-electron chi connectivity index (χ4n) is 5.92. The van der Waals surface area contributed by atoms with Crippen LogP contribution < -0.4 is 11.1 Å². The first kappa shape index (κ1) is 33.1. The third kappa shape index (κ3) is 7.85. The van der Waals surface area contributed by atoms with E-state index in [1.807, 2.05) is 6.07 Å². The zero-order valence-corrected chi connectivity index (χ0v) is 25.6. The molecule has 2 aromatic rings. The van der Waals surface area contributed by atoms with Crippen LogP contribution >= 0.6 is 0 Å². The third-order valence-electron chi connectivity index (χ3n) is 8.31. The smallest absolute Gasteiger partial charge is 0.287 e. The summed E-state index contributed by atoms with van der Waals surface area (Å²) >= 11 is 0. The Hall–Kier alpha value is -4.77. The van der Waals surface area contributed by atoms with Gasteiger partial charge in [-0.1, -0.05) is 43.4 Å². The quantitative estimate of drug-likeness (QED) is 0.258. The van der Waals surface area contributed by atoms with Gasteiger partial charge in [-0.25, -0.2) is 9.67 Å². The summed E-state index contributed by atoms with van der Waals surface area (Å²) < 4.78 is 1.46. The Balaban J connectivity index is 1.71. The van der Waals surface area contributed by atoms with Crippen molar-refractivity contribution < 1.29 is 29.1 Å². The fraction of sp³-hybridized carbons (Fsp3) is 0.516. The van der Waals surface area contributed by atoms with Crippen LogP contribution in [0.3, 0.4) is 0 Å². The first-order valence-corrected chi connectivity index (χ1v) is 15.0. The van der Waals surface area contributed by atoms with Crippen LogP contribution in [0, 0.1) is 17.2 Å². The second kappa shape index (κ2) is 13.9. The van der Waals surface area contributed by atoms with Crippen molar-refractivity contribution in [3.8, 4) is 6.07 Å². The Morgan fingerprint density at radius 2 is 1.91 bits per heavy atom. The average molecular weight is 619 g/mol. The summed E-state index contributed by atoms with van der Waals surface area (Å²) in [4.78, 5) is 70.4. The van der Waals surface area contributed by atoms with Crippen molar-refractivity contribution in [2.45, 2.75) is 89.4 Å². The van der Waals surface area contributed by atoms with Gasteiger partial charge in [0.25, 0.3) is 17.7 Å². The van der Waals surface area contributed by atoms with E-state index in [2.05, 4.69) is 20.6 Å². The summed E-state index contributed by atoms with van der Waals surface area (Å²) in [6.07, 6.45) is 6.42. The number of amides is 4. The number of nitrogens with one attached hydrogen (secondary N) is 1. The van der Waals surface area contributed by atoms with Crippen LogP contribution in [0.25, 0.3) is 0 Å². The van der Waals surface area contributed by atoms with Gasteiger partial charge in [-0.2, -0.15) is 5.26 Å². The highest BCUT2D eigenvalue weighted by Crippen LogP contribution is 2.33. The molecule has 2 fully saturated rings. The summed E-state index contributed by atoms with van der Waals surface area (Å²) in [5, 5.41) is 30.5. The Morgan fingerprint density at radius 1 is 1.20 bits per heavy atom. The number of benzene rings is 1. The predicted molar refractivity (Wildman–Crippen MR) is 160 cm³/mol. The van der Waals surface area contributed by atoms with Crippen molar-refractivity contribution in [1.29, 1.82) is 5.26 Å². The minimum Gasteiger partial charge on any atom is -0.384 e. The SMILES string of the molecule is CC(NC(=O)[C@@H]1C[C@H](n2nncc2C(C)(C)O)CN1C(=O)/C(CC1CCCCC1)=N/C(=O)c1cccc(C#N)c1)C(=O)C(N)=O. The van der Waals surface area contributed by atoms with Crippen LogP contribution in [0.5, 0.6) is 0 Å². The number of likely N-dealkylation sites (tertiary alicyclic amines) is 1. The zero-order valence-electron chi connectivity index (χ0n) is 25.6. The van der Waals surface area contributed by atoms with Crippen LogP contribution in [0.15, 0.2) is 35.5 Å². The van der Waals surface area contributed by atoms with E-state index in [1.54, 1.807) is 26.0 Å². The largest absolute Gasteiger partial charge is 0.384 e. The van der Waals surface area contributed by atoms with E-state index < -0.39 is 53.1 Å². The number of carbonyl (C=O) groups excluding carboxylic acids is 5. The molecule has 2 heterocycles. The van der Waals surface area contributed by atoms with Crippen molar-refractivity contribution in [3.05, 3.63) is 47.3 Å². The molecule has 4 amide bonds. The van der Waals surface area contributed by atoms with Crippen LogP contribution in [0.1, 0.15) is 93.4 Å². The van der Waals surface area contributed by atoms with Crippen molar-refractivity contribution in [1.82, 2.24) is 25.2 Å². The number of ketones is 1. The van der Waals surface area contributed by atoms with Gasteiger partial charge in [-0.3, -0.25) is 24.0 Å². The molecule has 3 atom stereocenters. The highest BCUT2D eigenvalue weighted by Gasteiger charge is 2.44. The molecular formula is C31H38N8O6. The average Bonchev–Trinajstić information content (AvgIpc) is 3.68. The lowest BCUT2D eigenvalue weighted by molar-refractivity contribution is -0.139. The number of aromatic nitrogens is 3. The van der Waals surface area contributed by atoms with Crippen molar-refractivity contribution >= 4 is 35.1 Å². The van der Waals surface area contributed by atoms with E-state index in [-0.39, 0.29) is 42.1 Å². The van der Waals surface area contributed by atoms with Gasteiger partial charge in [0.1, 0.15) is 17.4 Å². The van der Waals surface area contributed by atoms with Crippen LogP contribution in [-0.4, -0.2) is 78.8 Å². The zero-order chi connectivity index (χ0) is 32.9. The highest BCUT2D eigenvalue weighted by atomic mass is 16.3. The molecule has 4 N–H and O–H groups in total. The van der Waals surface area contributed by atoms with E-state index in [1.165, 1.54) is 34.8 Å². The topological polar surface area (TPSA) is 214 Å². The standard InChI is InChI=1S/C31H38N8O6/c1-18(26(40)27(33)41)35-29(43)24-14-22(39-25(16-34-37-39)31(2,3)45)17-38(24)30(44)23(13-19-8-5-4-6-9-19)36-28(42)21-11-7-10-20(12-21)15-32/h7,10-12,16,18-19,22,24,45H,4-6,8-9,13-14,17H2,1-3H3,(H2,33,41)(H,35,43)/b36-23+/t18?,22-,24-/m0/s1. The summed E-state index contributed by atoms with van der Waals surface area (Å²) in [7, 11) is 0. The first-order valence-electron chi connectivity index (χ1n) is 15.0. The first-order chi connectivity index (χ1) is 21.3. The molecule has 14 heteroatoms. The molecule has 1 unspecified atom stereocenters. The van der Waals surface area contributed by atoms with E-state index in [0.29, 0.717) is 5.69 Å². The number of aliphatic hydroxyl groups is 1. The number of primary amides is 1. The molecule has 14 nitrogen and oxygen atoms in total. The number of carbonyl (C=O) groups is 5. The maximum Gasteiger partial charge on any atom is 0.287 e. The highest BCUT2D eigenvalue weighted by molar-refractivity contribution is 6.41. The Morgan fingerprint density at radius 3 is 2.56 bits per heavy atom. The normalized spacial score (nSPS) is 19.9. The summed E-state index contributed by atoms with van der Waals surface area (Å²) in [5.74, 6) is -4.13. The second-order valence-corrected chi connectivity index (χ2v) is 12.2. The molecule has 238 valence electrons. The number of nitriles is 1. The maximum absolute atomic E-state index is 14.3. The van der Waals surface area contributed by atoms with Gasteiger partial charge in [-0.15, -0.1) is 5.10 Å². The molecule has 45 heavy (non-hydrogen) atoms. The van der Waals surface area contributed by atoms with Crippen LogP contribution in [-0.2, 0) is 24.8 Å². The van der Waals surface area contributed by atoms with Crippen molar-refractivity contribution in [2.24, 2.45) is 16.6 Å². The van der Waals surface area contributed by atoms with E-state index in [9.17, 15) is 34.3 Å². The monoisotopic (exact) mass is 618 g/mol.